The van der Waals surface area contributed by atoms with E-state index in [4.69, 9.17) is 9.47 Å². The van der Waals surface area contributed by atoms with Crippen LogP contribution in [0.25, 0.3) is 0 Å². The lowest BCUT2D eigenvalue weighted by Gasteiger charge is -2.16. The molecule has 0 atom stereocenters. The fraction of sp³-hybridized carbons (Fsp3) is 0.857. The number of hydrogen-bond acceptors (Lipinski definition) is 2. The van der Waals surface area contributed by atoms with Gasteiger partial charge < -0.3 is 9.47 Å². The molecule has 0 aromatic rings. The van der Waals surface area contributed by atoms with Crippen LogP contribution in [0.15, 0.2) is 12.7 Å². The average molecular weight is 228 g/mol. The normalized spacial score (nSPS) is 10.9. The molecule has 2 heteroatoms. The van der Waals surface area contributed by atoms with Crippen molar-refractivity contribution < 1.29 is 9.47 Å². The minimum Gasteiger partial charge on any atom is -0.353 e. The maximum absolute atomic E-state index is 5.49. The van der Waals surface area contributed by atoms with Crippen molar-refractivity contribution in [2.24, 2.45) is 0 Å². The molecule has 0 heterocycles. The van der Waals surface area contributed by atoms with Gasteiger partial charge in [-0.2, -0.15) is 0 Å². The number of rotatable bonds is 12. The van der Waals surface area contributed by atoms with E-state index in [2.05, 4.69) is 6.58 Å². The van der Waals surface area contributed by atoms with Gasteiger partial charge >= 0.3 is 0 Å². The monoisotopic (exact) mass is 228 g/mol. The molecule has 0 unspecified atom stereocenters. The fourth-order valence-corrected chi connectivity index (χ4v) is 1.72. The first-order chi connectivity index (χ1) is 7.85. The van der Waals surface area contributed by atoms with Gasteiger partial charge in [0, 0.05) is 13.2 Å². The van der Waals surface area contributed by atoms with Gasteiger partial charge in [-0.3, -0.25) is 0 Å². The van der Waals surface area contributed by atoms with Gasteiger partial charge in [-0.05, 0) is 39.5 Å². The first-order valence-electron chi connectivity index (χ1n) is 6.69. The van der Waals surface area contributed by atoms with Crippen LogP contribution >= 0.6 is 0 Å². The lowest BCUT2D eigenvalue weighted by Crippen LogP contribution is -2.17. The largest absolute Gasteiger partial charge is 0.353 e. The molecule has 2 nitrogen and oxygen atoms in total. The van der Waals surface area contributed by atoms with Gasteiger partial charge in [-0.25, -0.2) is 0 Å². The Morgan fingerprint density at radius 1 is 0.938 bits per heavy atom. The van der Waals surface area contributed by atoms with Crippen molar-refractivity contribution in [2.45, 2.75) is 65.1 Å². The molecule has 0 N–H and O–H groups in total. The van der Waals surface area contributed by atoms with Gasteiger partial charge in [0.25, 0.3) is 0 Å². The molecular weight excluding hydrogens is 200 g/mol. The Kier molecular flexibility index (Phi) is 12.5. The van der Waals surface area contributed by atoms with Crippen LogP contribution in [0, 0.1) is 0 Å². The zero-order valence-electron chi connectivity index (χ0n) is 11.0. The van der Waals surface area contributed by atoms with Crippen molar-refractivity contribution in [1.29, 1.82) is 0 Å². The van der Waals surface area contributed by atoms with Crippen molar-refractivity contribution in [3.63, 3.8) is 0 Å². The van der Waals surface area contributed by atoms with Crippen LogP contribution in [0.5, 0.6) is 0 Å². The van der Waals surface area contributed by atoms with E-state index >= 15 is 0 Å². The summed E-state index contributed by atoms with van der Waals surface area (Å²) in [7, 11) is 0. The molecule has 0 aliphatic carbocycles. The van der Waals surface area contributed by atoms with Crippen molar-refractivity contribution in [1.82, 2.24) is 0 Å². The van der Waals surface area contributed by atoms with Crippen LogP contribution in [-0.4, -0.2) is 19.5 Å². The number of allylic oxidation sites excluding steroid dienone is 1. The molecule has 16 heavy (non-hydrogen) atoms. The number of ether oxygens (including phenoxy) is 2. The summed E-state index contributed by atoms with van der Waals surface area (Å²) in [6.07, 6.45) is 10.6. The average Bonchev–Trinajstić information content (AvgIpc) is 2.28. The Morgan fingerprint density at radius 2 is 1.50 bits per heavy atom. The van der Waals surface area contributed by atoms with E-state index < -0.39 is 0 Å². The van der Waals surface area contributed by atoms with Gasteiger partial charge in [-0.15, -0.1) is 6.58 Å². The maximum Gasteiger partial charge on any atom is 0.157 e. The zero-order valence-corrected chi connectivity index (χ0v) is 11.0. The first-order valence-corrected chi connectivity index (χ1v) is 6.69. The second-order valence-corrected chi connectivity index (χ2v) is 3.97. The van der Waals surface area contributed by atoms with Crippen LogP contribution in [0.4, 0.5) is 0 Å². The highest BCUT2D eigenvalue weighted by Crippen LogP contribution is 2.11. The Hall–Kier alpha value is -0.340. The predicted octanol–water partition coefficient (Wildman–Crippen LogP) is 4.30. The summed E-state index contributed by atoms with van der Waals surface area (Å²) in [6.45, 7) is 9.24. The molecule has 0 aromatic heterocycles. The number of hydrogen-bond donors (Lipinski definition) is 0. The third kappa shape index (κ3) is 10.2. The van der Waals surface area contributed by atoms with Crippen molar-refractivity contribution in [2.75, 3.05) is 13.2 Å². The van der Waals surface area contributed by atoms with Gasteiger partial charge in [0.15, 0.2) is 6.29 Å². The molecule has 0 fully saturated rings. The van der Waals surface area contributed by atoms with Crippen molar-refractivity contribution in [3.8, 4) is 0 Å². The van der Waals surface area contributed by atoms with E-state index in [1.807, 2.05) is 19.9 Å². The number of unbranched alkanes of at least 4 members (excludes halogenated alkanes) is 5. The van der Waals surface area contributed by atoms with Gasteiger partial charge in [0.2, 0.25) is 0 Å². The molecule has 0 amide bonds. The second kappa shape index (κ2) is 12.7. The third-order valence-corrected chi connectivity index (χ3v) is 2.55. The standard InChI is InChI=1S/C14H28O2/c1-4-7-8-9-10-11-12-13-14(15-5-2)16-6-3/h4,14H,1,5-13H2,2-3H3. The van der Waals surface area contributed by atoms with Gasteiger partial charge in [0.1, 0.15) is 0 Å². The van der Waals surface area contributed by atoms with Crippen LogP contribution in [0.1, 0.15) is 58.8 Å². The summed E-state index contributed by atoms with van der Waals surface area (Å²) in [5, 5.41) is 0. The maximum atomic E-state index is 5.49. The van der Waals surface area contributed by atoms with Gasteiger partial charge in [0.05, 0.1) is 0 Å². The highest BCUT2D eigenvalue weighted by Gasteiger charge is 2.06. The lowest BCUT2D eigenvalue weighted by atomic mass is 10.1. The highest BCUT2D eigenvalue weighted by atomic mass is 16.7. The highest BCUT2D eigenvalue weighted by molar-refractivity contribution is 4.65. The van der Waals surface area contributed by atoms with Crippen LogP contribution in [-0.2, 0) is 9.47 Å². The molecule has 0 bridgehead atoms. The Bertz CT molecular complexity index is 140. The summed E-state index contributed by atoms with van der Waals surface area (Å²) in [5.74, 6) is 0. The van der Waals surface area contributed by atoms with Crippen molar-refractivity contribution in [3.05, 3.63) is 12.7 Å². The quantitative estimate of drug-likeness (QED) is 0.282. The van der Waals surface area contributed by atoms with E-state index in [-0.39, 0.29) is 6.29 Å². The van der Waals surface area contributed by atoms with E-state index in [1.165, 1.54) is 32.1 Å². The lowest BCUT2D eigenvalue weighted by molar-refractivity contribution is -0.140. The summed E-state index contributed by atoms with van der Waals surface area (Å²) in [5.41, 5.74) is 0. The molecule has 0 aliphatic rings. The zero-order chi connectivity index (χ0) is 12.1. The Labute approximate surface area is 101 Å². The predicted molar refractivity (Wildman–Crippen MR) is 69.6 cm³/mol. The SMILES string of the molecule is C=CCCCCCCCC(OCC)OCC. The first kappa shape index (κ1) is 15.7. The molecule has 0 spiro atoms. The van der Waals surface area contributed by atoms with E-state index in [0.29, 0.717) is 0 Å². The summed E-state index contributed by atoms with van der Waals surface area (Å²) < 4.78 is 11.0. The smallest absolute Gasteiger partial charge is 0.157 e. The minimum absolute atomic E-state index is 0.0168. The fourth-order valence-electron chi connectivity index (χ4n) is 1.72. The molecule has 0 aromatic carbocycles. The van der Waals surface area contributed by atoms with Gasteiger partial charge in [-0.1, -0.05) is 25.3 Å². The molecule has 0 radical (unpaired) electrons. The topological polar surface area (TPSA) is 18.5 Å². The molecule has 96 valence electrons. The third-order valence-electron chi connectivity index (χ3n) is 2.55. The van der Waals surface area contributed by atoms with E-state index in [9.17, 15) is 0 Å². The molecule has 0 saturated heterocycles. The van der Waals surface area contributed by atoms with E-state index in [0.717, 1.165) is 26.1 Å². The summed E-state index contributed by atoms with van der Waals surface area (Å²) >= 11 is 0. The van der Waals surface area contributed by atoms with Crippen LogP contribution < -0.4 is 0 Å². The molecule has 0 rings (SSSR count). The Morgan fingerprint density at radius 3 is 2.06 bits per heavy atom. The van der Waals surface area contributed by atoms with Crippen LogP contribution in [0.3, 0.4) is 0 Å². The van der Waals surface area contributed by atoms with Crippen LogP contribution in [0.2, 0.25) is 0 Å². The summed E-state index contributed by atoms with van der Waals surface area (Å²) in [6, 6.07) is 0. The minimum atomic E-state index is 0.0168. The summed E-state index contributed by atoms with van der Waals surface area (Å²) in [4.78, 5) is 0. The second-order valence-electron chi connectivity index (χ2n) is 3.97. The molecule has 0 saturated carbocycles. The van der Waals surface area contributed by atoms with E-state index in [1.54, 1.807) is 0 Å². The molecule has 0 aliphatic heterocycles. The Balaban J connectivity index is 3.28. The van der Waals surface area contributed by atoms with Crippen molar-refractivity contribution >= 4 is 0 Å². The molecular formula is C14H28O2.